The van der Waals surface area contributed by atoms with Gasteiger partial charge in [-0.05, 0) is 82.5 Å². The molecular weight excluding hydrogens is 423 g/mol. The summed E-state index contributed by atoms with van der Waals surface area (Å²) in [5, 5.41) is 3.63. The molecule has 1 fully saturated rings. The fourth-order valence-corrected chi connectivity index (χ4v) is 4.18. The van der Waals surface area contributed by atoms with Crippen LogP contribution < -0.4 is 10.1 Å². The molecule has 3 rings (SSSR count). The molecule has 2 aromatic carbocycles. The van der Waals surface area contributed by atoms with E-state index in [1.54, 1.807) is 49.4 Å². The first kappa shape index (κ1) is 22.4. The van der Waals surface area contributed by atoms with Crippen LogP contribution in [0.3, 0.4) is 0 Å². The number of rotatable bonds is 5. The fraction of sp³-hybridized carbons (Fsp3) is 0.391. The number of amides is 2. The zero-order valence-electron chi connectivity index (χ0n) is 17.3. The van der Waals surface area contributed by atoms with E-state index in [2.05, 4.69) is 19.2 Å². The van der Waals surface area contributed by atoms with Crippen molar-refractivity contribution < 1.29 is 14.3 Å². The molecule has 1 saturated heterocycles. The van der Waals surface area contributed by atoms with E-state index in [1.807, 2.05) is 4.90 Å². The van der Waals surface area contributed by atoms with Gasteiger partial charge in [0.15, 0.2) is 6.10 Å². The van der Waals surface area contributed by atoms with E-state index in [-0.39, 0.29) is 23.9 Å². The molecule has 5 nitrogen and oxygen atoms in total. The second-order valence-electron chi connectivity index (χ2n) is 7.74. The first-order chi connectivity index (χ1) is 14.3. The molecule has 2 aromatic rings. The highest BCUT2D eigenvalue weighted by Crippen LogP contribution is 2.29. The van der Waals surface area contributed by atoms with Crippen LogP contribution in [0.4, 0.5) is 5.69 Å². The number of hydrogen-bond acceptors (Lipinski definition) is 3. The third kappa shape index (κ3) is 5.27. The van der Waals surface area contributed by atoms with Gasteiger partial charge in [-0.1, -0.05) is 23.2 Å². The number of ether oxygens (including phenoxy) is 1. The lowest BCUT2D eigenvalue weighted by atomic mass is 9.96. The number of halogens is 2. The Morgan fingerprint density at radius 2 is 1.70 bits per heavy atom. The molecule has 0 spiro atoms. The predicted octanol–water partition coefficient (Wildman–Crippen LogP) is 5.80. The molecule has 30 heavy (non-hydrogen) atoms. The number of nitrogens with one attached hydrogen (secondary N) is 1. The number of benzene rings is 2. The van der Waals surface area contributed by atoms with E-state index in [0.29, 0.717) is 27.0 Å². The Bertz CT molecular complexity index is 907. The van der Waals surface area contributed by atoms with Crippen LogP contribution in [-0.2, 0) is 4.79 Å². The Morgan fingerprint density at radius 3 is 2.30 bits per heavy atom. The number of carbonyl (C=O) groups excluding carboxylic acids is 2. The minimum atomic E-state index is -0.764. The van der Waals surface area contributed by atoms with Crippen LogP contribution in [-0.4, -0.2) is 34.9 Å². The zero-order chi connectivity index (χ0) is 21.8. The molecule has 1 aliphatic heterocycles. The van der Waals surface area contributed by atoms with Crippen molar-refractivity contribution in [1.29, 1.82) is 0 Å². The van der Waals surface area contributed by atoms with E-state index in [1.165, 1.54) is 0 Å². The molecule has 0 saturated carbocycles. The fourth-order valence-electron chi connectivity index (χ4n) is 3.73. The Kier molecular flexibility index (Phi) is 7.27. The molecular formula is C23H26Cl2N2O3. The van der Waals surface area contributed by atoms with Gasteiger partial charge in [0.05, 0.1) is 5.02 Å². The van der Waals surface area contributed by atoms with Crippen molar-refractivity contribution in [3.63, 3.8) is 0 Å². The van der Waals surface area contributed by atoms with Crippen LogP contribution in [0.15, 0.2) is 42.5 Å². The molecule has 0 bridgehead atoms. The molecule has 1 aliphatic rings. The first-order valence-corrected chi connectivity index (χ1v) is 10.9. The van der Waals surface area contributed by atoms with Crippen LogP contribution in [0.2, 0.25) is 10.0 Å². The number of piperidine rings is 1. The average molecular weight is 449 g/mol. The van der Waals surface area contributed by atoms with Gasteiger partial charge in [-0.15, -0.1) is 0 Å². The summed E-state index contributed by atoms with van der Waals surface area (Å²) in [6.45, 7) is 5.82. The number of nitrogens with zero attached hydrogens (tertiary/aromatic N) is 1. The Hall–Kier alpha value is -2.24. The van der Waals surface area contributed by atoms with Crippen LogP contribution in [0.5, 0.6) is 5.75 Å². The van der Waals surface area contributed by atoms with Crippen molar-refractivity contribution >= 4 is 40.7 Å². The van der Waals surface area contributed by atoms with Crippen molar-refractivity contribution in [2.24, 2.45) is 0 Å². The van der Waals surface area contributed by atoms with Crippen LogP contribution in [0.25, 0.3) is 0 Å². The van der Waals surface area contributed by atoms with Gasteiger partial charge in [-0.2, -0.15) is 0 Å². The molecule has 0 unspecified atom stereocenters. The zero-order valence-corrected chi connectivity index (χ0v) is 18.8. The highest BCUT2D eigenvalue weighted by molar-refractivity contribution is 6.35. The molecule has 160 valence electrons. The summed E-state index contributed by atoms with van der Waals surface area (Å²) in [7, 11) is 0. The lowest BCUT2D eigenvalue weighted by Crippen LogP contribution is -2.47. The molecule has 2 amide bonds. The molecule has 0 aromatic heterocycles. The van der Waals surface area contributed by atoms with E-state index in [9.17, 15) is 9.59 Å². The maximum absolute atomic E-state index is 12.9. The molecule has 3 atom stereocenters. The van der Waals surface area contributed by atoms with Crippen molar-refractivity contribution in [2.75, 3.05) is 5.32 Å². The first-order valence-electron chi connectivity index (χ1n) is 10.1. The maximum Gasteiger partial charge on any atom is 0.265 e. The largest absolute Gasteiger partial charge is 0.479 e. The lowest BCUT2D eigenvalue weighted by Gasteiger charge is -2.39. The molecule has 0 aliphatic carbocycles. The second kappa shape index (κ2) is 9.71. The van der Waals surface area contributed by atoms with E-state index in [4.69, 9.17) is 27.9 Å². The van der Waals surface area contributed by atoms with Gasteiger partial charge < -0.3 is 15.0 Å². The quantitative estimate of drug-likeness (QED) is 0.628. The summed E-state index contributed by atoms with van der Waals surface area (Å²) < 4.78 is 5.64. The third-order valence-electron chi connectivity index (χ3n) is 5.39. The Labute approximate surface area is 187 Å². The Morgan fingerprint density at radius 1 is 1.07 bits per heavy atom. The number of anilines is 1. The van der Waals surface area contributed by atoms with Crippen molar-refractivity contribution in [2.45, 2.75) is 58.2 Å². The van der Waals surface area contributed by atoms with Gasteiger partial charge >= 0.3 is 0 Å². The summed E-state index contributed by atoms with van der Waals surface area (Å²) in [4.78, 5) is 27.3. The number of likely N-dealkylation sites (tertiary alicyclic amines) is 1. The molecule has 1 heterocycles. The minimum Gasteiger partial charge on any atom is -0.479 e. The normalized spacial score (nSPS) is 19.8. The van der Waals surface area contributed by atoms with Gasteiger partial charge in [0.1, 0.15) is 5.75 Å². The van der Waals surface area contributed by atoms with E-state index in [0.717, 1.165) is 19.3 Å². The van der Waals surface area contributed by atoms with E-state index < -0.39 is 6.10 Å². The highest BCUT2D eigenvalue weighted by atomic mass is 35.5. The summed E-state index contributed by atoms with van der Waals surface area (Å²) in [6, 6.07) is 12.2. The molecule has 7 heteroatoms. The maximum atomic E-state index is 12.9. The third-order valence-corrected chi connectivity index (χ3v) is 5.92. The number of hydrogen-bond donors (Lipinski definition) is 1. The van der Waals surface area contributed by atoms with Gasteiger partial charge in [0.25, 0.3) is 11.8 Å². The Balaban J connectivity index is 1.62. The second-order valence-corrected chi connectivity index (χ2v) is 8.59. The smallest absolute Gasteiger partial charge is 0.265 e. The summed E-state index contributed by atoms with van der Waals surface area (Å²) in [6.07, 6.45) is 2.44. The SMILES string of the molecule is C[C@@H]1CCC[C@H](C)N1C(=O)c1ccc(NC(=O)[C@@H](C)Oc2ccc(Cl)cc2Cl)cc1. The summed E-state index contributed by atoms with van der Waals surface area (Å²) >= 11 is 12.0. The van der Waals surface area contributed by atoms with Crippen molar-refractivity contribution in [3.05, 3.63) is 58.1 Å². The lowest BCUT2D eigenvalue weighted by molar-refractivity contribution is -0.122. The van der Waals surface area contributed by atoms with Crippen LogP contribution in [0, 0.1) is 0 Å². The standard InChI is InChI=1S/C23H26Cl2N2O3/c1-14-5-4-6-15(2)27(14)23(29)17-7-10-19(11-8-17)26-22(28)16(3)30-21-12-9-18(24)13-20(21)25/h7-16H,4-6H2,1-3H3,(H,26,28)/t14-,15+,16-/m1/s1. The average Bonchev–Trinajstić information content (AvgIpc) is 2.70. The summed E-state index contributed by atoms with van der Waals surface area (Å²) in [5.74, 6) is 0.0921. The summed E-state index contributed by atoms with van der Waals surface area (Å²) in [5.41, 5.74) is 1.21. The molecule has 1 N–H and O–H groups in total. The number of carbonyl (C=O) groups is 2. The van der Waals surface area contributed by atoms with Crippen LogP contribution in [0.1, 0.15) is 50.4 Å². The molecule has 0 radical (unpaired) electrons. The van der Waals surface area contributed by atoms with Gasteiger partial charge in [0, 0.05) is 28.4 Å². The van der Waals surface area contributed by atoms with Gasteiger partial charge in [0.2, 0.25) is 0 Å². The van der Waals surface area contributed by atoms with Gasteiger partial charge in [-0.3, -0.25) is 9.59 Å². The van der Waals surface area contributed by atoms with Crippen molar-refractivity contribution in [3.8, 4) is 5.75 Å². The monoisotopic (exact) mass is 448 g/mol. The topological polar surface area (TPSA) is 58.6 Å². The van der Waals surface area contributed by atoms with Crippen molar-refractivity contribution in [1.82, 2.24) is 4.90 Å². The predicted molar refractivity (Wildman–Crippen MR) is 121 cm³/mol. The van der Waals surface area contributed by atoms with Crippen LogP contribution >= 0.6 is 23.2 Å². The van der Waals surface area contributed by atoms with Gasteiger partial charge in [-0.25, -0.2) is 0 Å². The van der Waals surface area contributed by atoms with E-state index >= 15 is 0 Å². The highest BCUT2D eigenvalue weighted by Gasteiger charge is 2.29. The minimum absolute atomic E-state index is 0.0293.